The normalized spacial score (nSPS) is 11.9. The van der Waals surface area contributed by atoms with E-state index in [2.05, 4.69) is 24.1 Å². The molecule has 0 fully saturated rings. The van der Waals surface area contributed by atoms with Crippen LogP contribution in [0.15, 0.2) is 18.3 Å². The molecule has 114 valence electrons. The molecule has 1 heterocycles. The Bertz CT molecular complexity index is 405. The zero-order chi connectivity index (χ0) is 15.2. The lowest BCUT2D eigenvalue weighted by atomic mass is 10.2. The van der Waals surface area contributed by atoms with Crippen molar-refractivity contribution in [3.05, 3.63) is 24.0 Å². The van der Waals surface area contributed by atoms with Crippen LogP contribution < -0.4 is 10.2 Å². The molecule has 0 aliphatic rings. The van der Waals surface area contributed by atoms with Gasteiger partial charge >= 0.3 is 6.18 Å². The van der Waals surface area contributed by atoms with Gasteiger partial charge in [-0.3, -0.25) is 4.98 Å². The SMILES string of the molecule is CC(C)CNCc1cc(N(C)CCC(F)(F)F)ccn1. The van der Waals surface area contributed by atoms with Gasteiger partial charge in [-0.2, -0.15) is 13.2 Å². The average Bonchev–Trinajstić information content (AvgIpc) is 2.35. The number of alkyl halides is 3. The lowest BCUT2D eigenvalue weighted by Crippen LogP contribution is -2.24. The van der Waals surface area contributed by atoms with Gasteiger partial charge in [0.2, 0.25) is 0 Å². The molecule has 1 N–H and O–H groups in total. The third-order valence-corrected chi connectivity index (χ3v) is 2.83. The van der Waals surface area contributed by atoms with Crippen molar-refractivity contribution in [2.75, 3.05) is 25.0 Å². The maximum Gasteiger partial charge on any atom is 0.390 e. The molecule has 0 atom stereocenters. The number of pyridine rings is 1. The molecule has 0 spiro atoms. The Hall–Kier alpha value is -1.30. The van der Waals surface area contributed by atoms with Crippen molar-refractivity contribution in [3.8, 4) is 0 Å². The van der Waals surface area contributed by atoms with E-state index >= 15 is 0 Å². The molecule has 0 saturated heterocycles. The lowest BCUT2D eigenvalue weighted by molar-refractivity contribution is -0.132. The summed E-state index contributed by atoms with van der Waals surface area (Å²) < 4.78 is 36.6. The second-order valence-electron chi connectivity index (χ2n) is 5.32. The number of nitrogens with one attached hydrogen (secondary N) is 1. The van der Waals surface area contributed by atoms with Gasteiger partial charge in [0.25, 0.3) is 0 Å². The predicted molar refractivity (Wildman–Crippen MR) is 74.7 cm³/mol. The maximum absolute atomic E-state index is 12.2. The van der Waals surface area contributed by atoms with Crippen LogP contribution in [0.5, 0.6) is 0 Å². The zero-order valence-electron chi connectivity index (χ0n) is 12.2. The largest absolute Gasteiger partial charge is 0.390 e. The van der Waals surface area contributed by atoms with Crippen LogP contribution in [0.25, 0.3) is 0 Å². The summed E-state index contributed by atoms with van der Waals surface area (Å²) in [4.78, 5) is 5.81. The number of hydrogen-bond donors (Lipinski definition) is 1. The summed E-state index contributed by atoms with van der Waals surface area (Å²) in [7, 11) is 1.66. The number of aromatic nitrogens is 1. The van der Waals surface area contributed by atoms with Gasteiger partial charge < -0.3 is 10.2 Å². The summed E-state index contributed by atoms with van der Waals surface area (Å²) >= 11 is 0. The third kappa shape index (κ3) is 6.75. The second-order valence-corrected chi connectivity index (χ2v) is 5.32. The smallest absolute Gasteiger partial charge is 0.374 e. The van der Waals surface area contributed by atoms with E-state index in [0.717, 1.165) is 17.9 Å². The quantitative estimate of drug-likeness (QED) is 0.835. The Morgan fingerprint density at radius 1 is 1.35 bits per heavy atom. The molecule has 1 rings (SSSR count). The standard InChI is InChI=1S/C14H22F3N3/c1-11(2)9-18-10-12-8-13(4-6-19-12)20(3)7-5-14(15,16)17/h4,6,8,11,18H,5,7,9-10H2,1-3H3. The van der Waals surface area contributed by atoms with Crippen molar-refractivity contribution < 1.29 is 13.2 Å². The van der Waals surface area contributed by atoms with Gasteiger partial charge in [-0.1, -0.05) is 13.8 Å². The molecule has 20 heavy (non-hydrogen) atoms. The number of hydrogen-bond acceptors (Lipinski definition) is 3. The van der Waals surface area contributed by atoms with Crippen LogP contribution in [-0.2, 0) is 6.54 Å². The first-order valence-corrected chi connectivity index (χ1v) is 6.71. The monoisotopic (exact) mass is 289 g/mol. The van der Waals surface area contributed by atoms with E-state index in [4.69, 9.17) is 0 Å². The molecule has 0 aromatic carbocycles. The van der Waals surface area contributed by atoms with E-state index in [1.807, 2.05) is 6.07 Å². The predicted octanol–water partition coefficient (Wildman–Crippen LogP) is 3.22. The fourth-order valence-electron chi connectivity index (χ4n) is 1.71. The van der Waals surface area contributed by atoms with E-state index < -0.39 is 12.6 Å². The first-order chi connectivity index (χ1) is 9.28. The number of anilines is 1. The van der Waals surface area contributed by atoms with Crippen molar-refractivity contribution in [2.45, 2.75) is 33.0 Å². The van der Waals surface area contributed by atoms with E-state index in [0.29, 0.717) is 12.5 Å². The molecule has 0 unspecified atom stereocenters. The second kappa shape index (κ2) is 7.47. The van der Waals surface area contributed by atoms with Crippen LogP contribution in [0, 0.1) is 5.92 Å². The molecule has 0 saturated carbocycles. The summed E-state index contributed by atoms with van der Waals surface area (Å²) in [5.74, 6) is 0.549. The Balaban J connectivity index is 2.53. The summed E-state index contributed by atoms with van der Waals surface area (Å²) in [6.45, 7) is 5.69. The summed E-state index contributed by atoms with van der Waals surface area (Å²) in [6, 6.07) is 3.55. The van der Waals surface area contributed by atoms with Crippen LogP contribution >= 0.6 is 0 Å². The van der Waals surface area contributed by atoms with Crippen LogP contribution in [0.3, 0.4) is 0 Å². The minimum atomic E-state index is -4.12. The van der Waals surface area contributed by atoms with Crippen molar-refractivity contribution in [1.29, 1.82) is 0 Å². The fourth-order valence-corrected chi connectivity index (χ4v) is 1.71. The topological polar surface area (TPSA) is 28.2 Å². The minimum absolute atomic E-state index is 0.0492. The average molecular weight is 289 g/mol. The Morgan fingerprint density at radius 2 is 2.05 bits per heavy atom. The molecule has 6 heteroatoms. The Morgan fingerprint density at radius 3 is 2.65 bits per heavy atom. The molecular weight excluding hydrogens is 267 g/mol. The van der Waals surface area contributed by atoms with Crippen molar-refractivity contribution in [3.63, 3.8) is 0 Å². The molecule has 0 amide bonds. The lowest BCUT2D eigenvalue weighted by Gasteiger charge is -2.20. The Labute approximate surface area is 118 Å². The highest BCUT2D eigenvalue weighted by Crippen LogP contribution is 2.21. The van der Waals surface area contributed by atoms with Crippen molar-refractivity contribution >= 4 is 5.69 Å². The van der Waals surface area contributed by atoms with E-state index in [9.17, 15) is 13.2 Å². The number of halogens is 3. The molecule has 3 nitrogen and oxygen atoms in total. The number of nitrogens with zero attached hydrogens (tertiary/aromatic N) is 2. The van der Waals surface area contributed by atoms with Gasteiger partial charge in [-0.05, 0) is 24.6 Å². The highest BCUT2D eigenvalue weighted by molar-refractivity contribution is 5.45. The van der Waals surface area contributed by atoms with E-state index in [-0.39, 0.29) is 6.54 Å². The zero-order valence-corrected chi connectivity index (χ0v) is 12.2. The van der Waals surface area contributed by atoms with Crippen LogP contribution in [0.4, 0.5) is 18.9 Å². The van der Waals surface area contributed by atoms with Crippen molar-refractivity contribution in [1.82, 2.24) is 10.3 Å². The summed E-state index contributed by atoms with van der Waals surface area (Å²) in [5, 5.41) is 3.26. The fraction of sp³-hybridized carbons (Fsp3) is 0.643. The van der Waals surface area contributed by atoms with Gasteiger partial charge in [0, 0.05) is 32.0 Å². The minimum Gasteiger partial charge on any atom is -0.374 e. The van der Waals surface area contributed by atoms with Crippen molar-refractivity contribution in [2.24, 2.45) is 5.92 Å². The summed E-state index contributed by atoms with van der Waals surface area (Å²) in [6.07, 6.45) is -3.30. The van der Waals surface area contributed by atoms with E-state index in [1.54, 1.807) is 24.2 Å². The molecular formula is C14H22F3N3. The molecule has 0 radical (unpaired) electrons. The molecule has 1 aromatic heterocycles. The van der Waals surface area contributed by atoms with Crippen LogP contribution in [0.2, 0.25) is 0 Å². The van der Waals surface area contributed by atoms with Crippen LogP contribution in [0.1, 0.15) is 26.0 Å². The maximum atomic E-state index is 12.2. The van der Waals surface area contributed by atoms with Gasteiger partial charge in [0.05, 0.1) is 12.1 Å². The van der Waals surface area contributed by atoms with Gasteiger partial charge in [-0.25, -0.2) is 0 Å². The third-order valence-electron chi connectivity index (χ3n) is 2.83. The number of rotatable bonds is 7. The van der Waals surface area contributed by atoms with Crippen LogP contribution in [-0.4, -0.2) is 31.3 Å². The summed E-state index contributed by atoms with van der Waals surface area (Å²) in [5.41, 5.74) is 1.59. The molecule has 1 aromatic rings. The molecule has 0 aliphatic carbocycles. The first-order valence-electron chi connectivity index (χ1n) is 6.71. The highest BCUT2D eigenvalue weighted by Gasteiger charge is 2.27. The highest BCUT2D eigenvalue weighted by atomic mass is 19.4. The molecule has 0 bridgehead atoms. The Kier molecular flexibility index (Phi) is 6.26. The van der Waals surface area contributed by atoms with Gasteiger partial charge in [0.15, 0.2) is 0 Å². The van der Waals surface area contributed by atoms with E-state index in [1.165, 1.54) is 0 Å². The van der Waals surface area contributed by atoms with Gasteiger partial charge in [0.1, 0.15) is 0 Å². The molecule has 0 aliphatic heterocycles. The van der Waals surface area contributed by atoms with Gasteiger partial charge in [-0.15, -0.1) is 0 Å². The first kappa shape index (κ1) is 16.8.